The van der Waals surface area contributed by atoms with Crippen LogP contribution in [0.5, 0.6) is 0 Å². The molecule has 5 rings (SSSR count). The Morgan fingerprint density at radius 2 is 1.69 bits per heavy atom. The predicted octanol–water partition coefficient (Wildman–Crippen LogP) is 3.08. The van der Waals surface area contributed by atoms with Crippen molar-refractivity contribution in [1.29, 1.82) is 0 Å². The van der Waals surface area contributed by atoms with Crippen molar-refractivity contribution in [3.63, 3.8) is 0 Å². The maximum Gasteiger partial charge on any atom is 0.407 e. The number of carbonyl (C=O) groups excluding carboxylic acids is 2. The van der Waals surface area contributed by atoms with Gasteiger partial charge < -0.3 is 25.2 Å². The third-order valence-electron chi connectivity index (χ3n) is 7.33. The first-order valence-corrected chi connectivity index (χ1v) is 11.8. The van der Waals surface area contributed by atoms with Crippen LogP contribution in [0, 0.1) is 11.3 Å². The van der Waals surface area contributed by atoms with Gasteiger partial charge in [-0.15, -0.1) is 0 Å². The number of benzene rings is 2. The summed E-state index contributed by atoms with van der Waals surface area (Å²) in [5, 5.41) is 15.1. The van der Waals surface area contributed by atoms with Gasteiger partial charge in [-0.25, -0.2) is 4.79 Å². The van der Waals surface area contributed by atoms with Crippen molar-refractivity contribution < 1.29 is 29.0 Å². The van der Waals surface area contributed by atoms with E-state index in [0.29, 0.717) is 6.42 Å². The molecule has 1 saturated heterocycles. The molecule has 182 valence electrons. The molecular weight excluding hydrogens is 448 g/mol. The quantitative estimate of drug-likeness (QED) is 0.552. The first kappa shape index (κ1) is 23.1. The van der Waals surface area contributed by atoms with Gasteiger partial charge in [0, 0.05) is 5.92 Å². The van der Waals surface area contributed by atoms with Gasteiger partial charge in [0.1, 0.15) is 12.0 Å². The molecule has 0 radical (unpaired) electrons. The summed E-state index contributed by atoms with van der Waals surface area (Å²) in [6.45, 7) is 2.00. The zero-order valence-electron chi connectivity index (χ0n) is 19.4. The third kappa shape index (κ3) is 4.30. The SMILES string of the molecule is CC1(C(=O)O)COCC1NC(=O)C1C=CC(NC(=O)OCC2c3ccccc3-c3ccccc32)C1. The summed E-state index contributed by atoms with van der Waals surface area (Å²) in [5.74, 6) is -1.77. The average molecular weight is 477 g/mol. The van der Waals surface area contributed by atoms with Crippen LogP contribution < -0.4 is 10.6 Å². The van der Waals surface area contributed by atoms with Gasteiger partial charge in [0.15, 0.2) is 0 Å². The lowest BCUT2D eigenvalue weighted by Gasteiger charge is -2.26. The molecule has 35 heavy (non-hydrogen) atoms. The fraction of sp³-hybridized carbons (Fsp3) is 0.370. The number of aliphatic carboxylic acids is 1. The van der Waals surface area contributed by atoms with E-state index in [0.717, 1.165) is 22.3 Å². The fourth-order valence-corrected chi connectivity index (χ4v) is 5.16. The number of fused-ring (bicyclic) bond motifs is 3. The topological polar surface area (TPSA) is 114 Å². The summed E-state index contributed by atoms with van der Waals surface area (Å²) >= 11 is 0. The number of carboxylic acid groups (broad SMARTS) is 1. The monoisotopic (exact) mass is 476 g/mol. The minimum Gasteiger partial charge on any atom is -0.481 e. The van der Waals surface area contributed by atoms with Crippen molar-refractivity contribution in [3.8, 4) is 11.1 Å². The van der Waals surface area contributed by atoms with E-state index in [2.05, 4.69) is 34.9 Å². The molecule has 0 saturated carbocycles. The van der Waals surface area contributed by atoms with Crippen LogP contribution in [0.3, 0.4) is 0 Å². The zero-order valence-corrected chi connectivity index (χ0v) is 19.4. The first-order valence-electron chi connectivity index (χ1n) is 11.8. The summed E-state index contributed by atoms with van der Waals surface area (Å²) < 4.78 is 10.9. The molecule has 2 aromatic carbocycles. The Bertz CT molecular complexity index is 1150. The highest BCUT2D eigenvalue weighted by molar-refractivity contribution is 5.84. The van der Waals surface area contributed by atoms with Gasteiger partial charge in [-0.05, 0) is 35.6 Å². The maximum atomic E-state index is 12.7. The smallest absolute Gasteiger partial charge is 0.407 e. The molecule has 1 aliphatic heterocycles. The number of carbonyl (C=O) groups is 3. The van der Waals surface area contributed by atoms with E-state index in [1.54, 1.807) is 19.1 Å². The van der Waals surface area contributed by atoms with Crippen LogP contribution in [-0.4, -0.2) is 55.0 Å². The Kier molecular flexibility index (Phi) is 6.06. The number of ether oxygens (including phenoxy) is 2. The lowest BCUT2D eigenvalue weighted by Crippen LogP contribution is -2.51. The van der Waals surface area contributed by atoms with E-state index in [1.165, 1.54) is 0 Å². The number of rotatable bonds is 6. The highest BCUT2D eigenvalue weighted by atomic mass is 16.5. The molecule has 0 bridgehead atoms. The normalized spacial score (nSPS) is 26.7. The van der Waals surface area contributed by atoms with Crippen molar-refractivity contribution in [3.05, 3.63) is 71.8 Å². The van der Waals surface area contributed by atoms with Crippen LogP contribution in [0.2, 0.25) is 0 Å². The Morgan fingerprint density at radius 1 is 1.03 bits per heavy atom. The van der Waals surface area contributed by atoms with Crippen molar-refractivity contribution >= 4 is 18.0 Å². The average Bonchev–Trinajstić information content (AvgIpc) is 3.55. The molecule has 8 nitrogen and oxygen atoms in total. The van der Waals surface area contributed by atoms with Crippen molar-refractivity contribution in [2.75, 3.05) is 19.8 Å². The Balaban J connectivity index is 1.14. The largest absolute Gasteiger partial charge is 0.481 e. The summed E-state index contributed by atoms with van der Waals surface area (Å²) in [4.78, 5) is 36.9. The number of alkyl carbamates (subject to hydrolysis) is 1. The van der Waals surface area contributed by atoms with Crippen LogP contribution >= 0.6 is 0 Å². The molecule has 2 aromatic rings. The number of nitrogens with one attached hydrogen (secondary N) is 2. The van der Waals surface area contributed by atoms with Crippen molar-refractivity contribution in [2.24, 2.45) is 11.3 Å². The Hall–Kier alpha value is -3.65. The Morgan fingerprint density at radius 3 is 2.34 bits per heavy atom. The highest BCUT2D eigenvalue weighted by Crippen LogP contribution is 2.44. The molecule has 0 spiro atoms. The minimum atomic E-state index is -1.16. The molecule has 8 heteroatoms. The fourth-order valence-electron chi connectivity index (χ4n) is 5.16. The molecule has 4 atom stereocenters. The van der Waals surface area contributed by atoms with Crippen LogP contribution in [0.4, 0.5) is 4.79 Å². The van der Waals surface area contributed by atoms with Gasteiger partial charge in [0.25, 0.3) is 0 Å². The first-order chi connectivity index (χ1) is 16.9. The van der Waals surface area contributed by atoms with E-state index in [4.69, 9.17) is 9.47 Å². The number of amides is 2. The second kappa shape index (κ2) is 9.19. The number of hydrogen-bond acceptors (Lipinski definition) is 5. The van der Waals surface area contributed by atoms with E-state index < -0.39 is 29.4 Å². The highest BCUT2D eigenvalue weighted by Gasteiger charge is 2.48. The lowest BCUT2D eigenvalue weighted by molar-refractivity contribution is -0.149. The van der Waals surface area contributed by atoms with Gasteiger partial charge in [-0.3, -0.25) is 9.59 Å². The molecule has 0 aromatic heterocycles. The molecular formula is C27H28N2O6. The zero-order chi connectivity index (χ0) is 24.6. The molecule has 2 amide bonds. The lowest BCUT2D eigenvalue weighted by atomic mass is 9.85. The molecule has 2 aliphatic carbocycles. The van der Waals surface area contributed by atoms with E-state index >= 15 is 0 Å². The summed E-state index contributed by atoms with van der Waals surface area (Å²) in [7, 11) is 0. The standard InChI is InChI=1S/C27H28N2O6/c1-27(25(31)32)15-34-14-23(27)29-24(30)16-10-11-17(12-16)28-26(33)35-13-22-20-8-4-2-6-18(20)19-7-3-5-9-21(19)22/h2-11,16-17,22-23H,12-15H2,1H3,(H,28,33)(H,29,30)(H,31,32). The van der Waals surface area contributed by atoms with Gasteiger partial charge in [-0.2, -0.15) is 0 Å². The van der Waals surface area contributed by atoms with Gasteiger partial charge in [0.05, 0.1) is 31.2 Å². The van der Waals surface area contributed by atoms with Crippen LogP contribution in [0.25, 0.3) is 11.1 Å². The molecule has 4 unspecified atom stereocenters. The molecule has 3 aliphatic rings. The third-order valence-corrected chi connectivity index (χ3v) is 7.33. The van der Waals surface area contributed by atoms with Crippen LogP contribution in [0.1, 0.15) is 30.4 Å². The molecule has 1 heterocycles. The van der Waals surface area contributed by atoms with E-state index in [-0.39, 0.29) is 37.7 Å². The summed E-state index contributed by atoms with van der Waals surface area (Å²) in [6, 6.07) is 15.3. The van der Waals surface area contributed by atoms with Gasteiger partial charge in [0.2, 0.25) is 5.91 Å². The number of carboxylic acids is 1. The van der Waals surface area contributed by atoms with Crippen molar-refractivity contribution in [2.45, 2.75) is 31.3 Å². The second-order valence-corrected chi connectivity index (χ2v) is 9.60. The van der Waals surface area contributed by atoms with E-state index in [9.17, 15) is 19.5 Å². The minimum absolute atomic E-state index is 0.0250. The van der Waals surface area contributed by atoms with Crippen molar-refractivity contribution in [1.82, 2.24) is 10.6 Å². The maximum absolute atomic E-state index is 12.7. The Labute approximate surface area is 203 Å². The second-order valence-electron chi connectivity index (χ2n) is 9.60. The van der Waals surface area contributed by atoms with Crippen LogP contribution in [-0.2, 0) is 19.1 Å². The summed E-state index contributed by atoms with van der Waals surface area (Å²) in [5.41, 5.74) is 3.45. The van der Waals surface area contributed by atoms with Gasteiger partial charge >= 0.3 is 12.1 Å². The van der Waals surface area contributed by atoms with E-state index in [1.807, 2.05) is 24.3 Å². The van der Waals surface area contributed by atoms with Crippen LogP contribution in [0.15, 0.2) is 60.7 Å². The molecule has 3 N–H and O–H groups in total. The number of hydrogen-bond donors (Lipinski definition) is 3. The summed E-state index contributed by atoms with van der Waals surface area (Å²) in [6.07, 6.45) is 3.35. The molecule has 1 fully saturated rings. The van der Waals surface area contributed by atoms with Gasteiger partial charge in [-0.1, -0.05) is 60.7 Å². The predicted molar refractivity (Wildman–Crippen MR) is 128 cm³/mol.